The van der Waals surface area contributed by atoms with Gasteiger partial charge in [0.1, 0.15) is 11.5 Å². The molecule has 2 aromatic carbocycles. The maximum Gasteiger partial charge on any atom is 0.259 e. The number of nitrogen functional groups attached to an aromatic ring is 1. The Hall–Kier alpha value is -2.40. The third kappa shape index (κ3) is 3.38. The Labute approximate surface area is 127 Å². The van der Waals surface area contributed by atoms with Crippen LogP contribution < -0.4 is 20.5 Å². The van der Waals surface area contributed by atoms with Gasteiger partial charge in [0, 0.05) is 11.1 Å². The van der Waals surface area contributed by atoms with Gasteiger partial charge >= 0.3 is 0 Å². The minimum atomic E-state index is -0.330. The number of hydrogen-bond donors (Lipinski definition) is 2. The van der Waals surface area contributed by atoms with Gasteiger partial charge in [0.2, 0.25) is 0 Å². The number of carbonyl (C=O) groups excluding carboxylic acids is 1. The molecular formula is C15H15ClN2O3. The lowest BCUT2D eigenvalue weighted by Crippen LogP contribution is -2.14. The summed E-state index contributed by atoms with van der Waals surface area (Å²) in [5.74, 6) is 0.692. The molecule has 0 atom stereocenters. The molecule has 0 unspecified atom stereocenters. The van der Waals surface area contributed by atoms with E-state index in [0.29, 0.717) is 33.5 Å². The molecule has 0 saturated carbocycles. The summed E-state index contributed by atoms with van der Waals surface area (Å²) in [5.41, 5.74) is 7.08. The van der Waals surface area contributed by atoms with Gasteiger partial charge in [-0.25, -0.2) is 0 Å². The number of anilines is 2. The normalized spacial score (nSPS) is 10.0. The molecule has 0 aliphatic rings. The standard InChI is InChI=1S/C15H15ClN2O3/c1-20-10-4-5-11(14(8-10)21-2)15(19)18-13-6-3-9(16)7-12(13)17/h3-8H,17H2,1-2H3,(H,18,19). The van der Waals surface area contributed by atoms with Crippen molar-refractivity contribution in [1.82, 2.24) is 0 Å². The molecule has 0 aliphatic heterocycles. The first kappa shape index (κ1) is 15.0. The number of carbonyl (C=O) groups is 1. The van der Waals surface area contributed by atoms with E-state index < -0.39 is 0 Å². The van der Waals surface area contributed by atoms with E-state index in [1.54, 1.807) is 43.5 Å². The van der Waals surface area contributed by atoms with Crippen LogP contribution in [0, 0.1) is 0 Å². The largest absolute Gasteiger partial charge is 0.497 e. The zero-order valence-electron chi connectivity index (χ0n) is 11.6. The average molecular weight is 307 g/mol. The molecule has 5 nitrogen and oxygen atoms in total. The van der Waals surface area contributed by atoms with E-state index in [1.165, 1.54) is 7.11 Å². The van der Waals surface area contributed by atoms with Crippen molar-refractivity contribution >= 4 is 28.9 Å². The predicted molar refractivity (Wildman–Crippen MR) is 83.4 cm³/mol. The molecule has 110 valence electrons. The first-order valence-electron chi connectivity index (χ1n) is 6.13. The summed E-state index contributed by atoms with van der Waals surface area (Å²) in [4.78, 5) is 12.3. The Bertz CT molecular complexity index is 674. The van der Waals surface area contributed by atoms with Gasteiger partial charge in [-0.2, -0.15) is 0 Å². The van der Waals surface area contributed by atoms with Crippen LogP contribution in [0.25, 0.3) is 0 Å². The second-order valence-corrected chi connectivity index (χ2v) is 4.69. The van der Waals surface area contributed by atoms with E-state index in [1.807, 2.05) is 0 Å². The predicted octanol–water partition coefficient (Wildman–Crippen LogP) is 3.19. The molecule has 0 aromatic heterocycles. The van der Waals surface area contributed by atoms with Crippen LogP contribution in [0.15, 0.2) is 36.4 Å². The zero-order valence-corrected chi connectivity index (χ0v) is 12.4. The van der Waals surface area contributed by atoms with Gasteiger partial charge in [0.25, 0.3) is 5.91 Å². The molecule has 0 saturated heterocycles. The Kier molecular flexibility index (Phi) is 4.55. The lowest BCUT2D eigenvalue weighted by atomic mass is 10.1. The SMILES string of the molecule is COc1ccc(C(=O)Nc2ccc(Cl)cc2N)c(OC)c1. The molecule has 0 heterocycles. The monoisotopic (exact) mass is 306 g/mol. The molecule has 1 amide bonds. The lowest BCUT2D eigenvalue weighted by Gasteiger charge is -2.12. The molecule has 2 aromatic rings. The minimum Gasteiger partial charge on any atom is -0.497 e. The van der Waals surface area contributed by atoms with Gasteiger partial charge in [0.05, 0.1) is 31.2 Å². The summed E-state index contributed by atoms with van der Waals surface area (Å²) in [5, 5.41) is 3.23. The van der Waals surface area contributed by atoms with E-state index in [0.717, 1.165) is 0 Å². The van der Waals surface area contributed by atoms with Crippen LogP contribution in [0.4, 0.5) is 11.4 Å². The maximum absolute atomic E-state index is 12.3. The smallest absolute Gasteiger partial charge is 0.259 e. The summed E-state index contributed by atoms with van der Waals surface area (Å²) < 4.78 is 10.3. The molecule has 0 bridgehead atoms. The van der Waals surface area contributed by atoms with Gasteiger partial charge in [-0.1, -0.05) is 11.6 Å². The van der Waals surface area contributed by atoms with E-state index in [9.17, 15) is 4.79 Å². The van der Waals surface area contributed by atoms with Crippen molar-refractivity contribution in [2.24, 2.45) is 0 Å². The number of amides is 1. The van der Waals surface area contributed by atoms with Gasteiger partial charge in [-0.05, 0) is 30.3 Å². The zero-order chi connectivity index (χ0) is 15.4. The maximum atomic E-state index is 12.3. The average Bonchev–Trinajstić information content (AvgIpc) is 2.49. The number of nitrogens with two attached hydrogens (primary N) is 1. The van der Waals surface area contributed by atoms with Crippen LogP contribution in [-0.4, -0.2) is 20.1 Å². The molecule has 0 radical (unpaired) electrons. The lowest BCUT2D eigenvalue weighted by molar-refractivity contribution is 0.102. The van der Waals surface area contributed by atoms with Crippen molar-refractivity contribution in [1.29, 1.82) is 0 Å². The number of nitrogens with one attached hydrogen (secondary N) is 1. The molecule has 0 fully saturated rings. The van der Waals surface area contributed by atoms with Gasteiger partial charge in [-0.3, -0.25) is 4.79 Å². The van der Waals surface area contributed by atoms with E-state index >= 15 is 0 Å². The Balaban J connectivity index is 2.28. The van der Waals surface area contributed by atoms with E-state index in [4.69, 9.17) is 26.8 Å². The molecule has 0 aliphatic carbocycles. The van der Waals surface area contributed by atoms with E-state index in [-0.39, 0.29) is 5.91 Å². The molecular weight excluding hydrogens is 292 g/mol. The quantitative estimate of drug-likeness (QED) is 0.851. The third-order valence-electron chi connectivity index (χ3n) is 2.92. The highest BCUT2D eigenvalue weighted by atomic mass is 35.5. The van der Waals surface area contributed by atoms with Crippen molar-refractivity contribution in [3.8, 4) is 11.5 Å². The highest BCUT2D eigenvalue weighted by Gasteiger charge is 2.14. The number of methoxy groups -OCH3 is 2. The van der Waals surface area contributed by atoms with Crippen LogP contribution in [0.5, 0.6) is 11.5 Å². The molecule has 2 rings (SSSR count). The van der Waals surface area contributed by atoms with Crippen LogP contribution in [0.2, 0.25) is 5.02 Å². The van der Waals surface area contributed by atoms with Crippen molar-refractivity contribution in [2.45, 2.75) is 0 Å². The fourth-order valence-electron chi connectivity index (χ4n) is 1.82. The van der Waals surface area contributed by atoms with Crippen molar-refractivity contribution < 1.29 is 14.3 Å². The summed E-state index contributed by atoms with van der Waals surface area (Å²) in [6, 6.07) is 9.81. The van der Waals surface area contributed by atoms with Crippen LogP contribution in [-0.2, 0) is 0 Å². The highest BCUT2D eigenvalue weighted by Crippen LogP contribution is 2.27. The second kappa shape index (κ2) is 6.37. The Morgan fingerprint density at radius 3 is 2.52 bits per heavy atom. The molecule has 6 heteroatoms. The topological polar surface area (TPSA) is 73.6 Å². The molecule has 21 heavy (non-hydrogen) atoms. The first-order valence-corrected chi connectivity index (χ1v) is 6.51. The summed E-state index contributed by atoms with van der Waals surface area (Å²) >= 11 is 5.82. The minimum absolute atomic E-state index is 0.330. The molecule has 0 spiro atoms. The van der Waals surface area contributed by atoms with Crippen LogP contribution in [0.1, 0.15) is 10.4 Å². The number of hydrogen-bond acceptors (Lipinski definition) is 4. The summed E-state index contributed by atoms with van der Waals surface area (Å²) in [6.45, 7) is 0. The number of benzene rings is 2. The van der Waals surface area contributed by atoms with Crippen molar-refractivity contribution in [3.63, 3.8) is 0 Å². The fraction of sp³-hybridized carbons (Fsp3) is 0.133. The third-order valence-corrected chi connectivity index (χ3v) is 3.15. The number of ether oxygens (including phenoxy) is 2. The Morgan fingerprint density at radius 2 is 1.90 bits per heavy atom. The van der Waals surface area contributed by atoms with Crippen molar-refractivity contribution in [3.05, 3.63) is 47.0 Å². The first-order chi connectivity index (χ1) is 10.0. The van der Waals surface area contributed by atoms with Crippen LogP contribution in [0.3, 0.4) is 0 Å². The Morgan fingerprint density at radius 1 is 1.14 bits per heavy atom. The number of halogens is 1. The molecule has 3 N–H and O–H groups in total. The van der Waals surface area contributed by atoms with Crippen molar-refractivity contribution in [2.75, 3.05) is 25.3 Å². The van der Waals surface area contributed by atoms with Crippen LogP contribution >= 0.6 is 11.6 Å². The second-order valence-electron chi connectivity index (χ2n) is 4.25. The fourth-order valence-corrected chi connectivity index (χ4v) is 2.00. The summed E-state index contributed by atoms with van der Waals surface area (Å²) in [7, 11) is 3.03. The number of rotatable bonds is 4. The van der Waals surface area contributed by atoms with E-state index in [2.05, 4.69) is 5.32 Å². The summed E-state index contributed by atoms with van der Waals surface area (Å²) in [6.07, 6.45) is 0. The van der Waals surface area contributed by atoms with Gasteiger partial charge < -0.3 is 20.5 Å². The van der Waals surface area contributed by atoms with Gasteiger partial charge in [0.15, 0.2) is 0 Å². The van der Waals surface area contributed by atoms with Gasteiger partial charge in [-0.15, -0.1) is 0 Å². The highest BCUT2D eigenvalue weighted by molar-refractivity contribution is 6.31.